The van der Waals surface area contributed by atoms with Crippen LogP contribution in [-0.2, 0) is 12.7 Å². The molecule has 32 heavy (non-hydrogen) atoms. The molecule has 7 nitrogen and oxygen atoms in total. The number of guanidine groups is 1. The van der Waals surface area contributed by atoms with E-state index in [0.29, 0.717) is 44.2 Å². The summed E-state index contributed by atoms with van der Waals surface area (Å²) in [5, 5.41) is 10.1. The molecule has 2 heterocycles. The number of aromatic nitrogens is 3. The molecule has 1 fully saturated rings. The maximum atomic E-state index is 13.0. The van der Waals surface area contributed by atoms with Crippen molar-refractivity contribution in [3.63, 3.8) is 0 Å². The van der Waals surface area contributed by atoms with Crippen LogP contribution in [0.3, 0.4) is 0 Å². The first-order valence-electron chi connectivity index (χ1n) is 10.3. The van der Waals surface area contributed by atoms with E-state index in [2.05, 4.69) is 30.4 Å². The quantitative estimate of drug-likeness (QED) is 0.478. The molecular formula is C22H24F3N7. The highest BCUT2D eigenvalue weighted by molar-refractivity contribution is 5.80. The minimum absolute atomic E-state index is 0.586. The fourth-order valence-corrected chi connectivity index (χ4v) is 3.74. The van der Waals surface area contributed by atoms with Gasteiger partial charge >= 0.3 is 6.18 Å². The smallest absolute Gasteiger partial charge is 0.368 e. The van der Waals surface area contributed by atoms with Crippen LogP contribution in [0.1, 0.15) is 11.1 Å². The number of alkyl halides is 3. The number of rotatable bonds is 4. The average Bonchev–Trinajstić information content (AvgIpc) is 3.35. The molecule has 0 spiro atoms. The van der Waals surface area contributed by atoms with Gasteiger partial charge in [-0.05, 0) is 29.8 Å². The fourth-order valence-electron chi connectivity index (χ4n) is 3.74. The van der Waals surface area contributed by atoms with Gasteiger partial charge in [-0.25, -0.2) is 4.98 Å². The van der Waals surface area contributed by atoms with Crippen LogP contribution in [0.25, 0.3) is 11.4 Å². The number of aliphatic imine (C=N–C) groups is 1. The van der Waals surface area contributed by atoms with Gasteiger partial charge in [0.2, 0.25) is 0 Å². The highest BCUT2D eigenvalue weighted by Gasteiger charge is 2.31. The number of piperazine rings is 1. The number of H-pyrrole nitrogens is 1. The first-order chi connectivity index (χ1) is 15.4. The molecule has 3 aromatic rings. The Morgan fingerprint density at radius 2 is 1.88 bits per heavy atom. The van der Waals surface area contributed by atoms with Crippen molar-refractivity contribution >= 4 is 11.6 Å². The number of hydrogen-bond acceptors (Lipinski definition) is 4. The van der Waals surface area contributed by atoms with Crippen LogP contribution >= 0.6 is 0 Å². The van der Waals surface area contributed by atoms with Crippen molar-refractivity contribution in [2.45, 2.75) is 12.7 Å². The molecule has 1 saturated heterocycles. The molecule has 0 atom stereocenters. The lowest BCUT2D eigenvalue weighted by molar-refractivity contribution is -0.137. The monoisotopic (exact) mass is 443 g/mol. The van der Waals surface area contributed by atoms with Crippen molar-refractivity contribution in [3.8, 4) is 11.4 Å². The van der Waals surface area contributed by atoms with Gasteiger partial charge in [-0.1, -0.05) is 24.3 Å². The van der Waals surface area contributed by atoms with Gasteiger partial charge in [0.1, 0.15) is 6.33 Å². The van der Waals surface area contributed by atoms with Gasteiger partial charge in [0.05, 0.1) is 5.56 Å². The lowest BCUT2D eigenvalue weighted by Crippen LogP contribution is -2.52. The van der Waals surface area contributed by atoms with E-state index in [1.165, 1.54) is 18.5 Å². The molecule has 1 aliphatic heterocycles. The van der Waals surface area contributed by atoms with Gasteiger partial charge in [0.15, 0.2) is 11.8 Å². The molecule has 0 aliphatic carbocycles. The van der Waals surface area contributed by atoms with Crippen LogP contribution in [0.5, 0.6) is 0 Å². The summed E-state index contributed by atoms with van der Waals surface area (Å²) in [7, 11) is 1.73. The molecular weight excluding hydrogens is 419 g/mol. The zero-order valence-electron chi connectivity index (χ0n) is 17.6. The molecule has 0 bridgehead atoms. The van der Waals surface area contributed by atoms with E-state index in [4.69, 9.17) is 0 Å². The number of aromatic amines is 1. The molecule has 4 rings (SSSR count). The molecule has 0 saturated carbocycles. The lowest BCUT2D eigenvalue weighted by Gasteiger charge is -2.37. The van der Waals surface area contributed by atoms with Crippen LogP contribution < -0.4 is 10.2 Å². The normalized spacial score (nSPS) is 15.2. The van der Waals surface area contributed by atoms with E-state index >= 15 is 0 Å². The number of nitrogens with zero attached hydrogens (tertiary/aromatic N) is 5. The zero-order valence-corrected chi connectivity index (χ0v) is 17.6. The summed E-state index contributed by atoms with van der Waals surface area (Å²) in [6.45, 7) is 3.14. The molecule has 0 amide bonds. The van der Waals surface area contributed by atoms with Crippen molar-refractivity contribution < 1.29 is 13.2 Å². The molecule has 0 radical (unpaired) electrons. The van der Waals surface area contributed by atoms with Crippen molar-refractivity contribution in [3.05, 3.63) is 66.0 Å². The SMILES string of the molecule is CN=C(NCc1cccc(-c2ncn[nH]2)c1)N1CCN(c2cccc(C(F)(F)F)c2)CC1. The number of benzene rings is 2. The molecule has 1 aliphatic rings. The number of nitrogens with one attached hydrogen (secondary N) is 2. The third kappa shape index (κ3) is 5.01. The topological polar surface area (TPSA) is 72.4 Å². The van der Waals surface area contributed by atoms with Crippen molar-refractivity contribution in [1.29, 1.82) is 0 Å². The van der Waals surface area contributed by atoms with Crippen LogP contribution in [0.2, 0.25) is 0 Å². The Morgan fingerprint density at radius 1 is 1.09 bits per heavy atom. The standard InChI is InChI=1S/C22H24F3N7/c1-26-21(27-14-16-4-2-5-17(12-16)20-28-15-29-30-20)32-10-8-31(9-11-32)19-7-3-6-18(13-19)22(23,24)25/h2-7,12-13,15H,8-11,14H2,1H3,(H,26,27)(H,28,29,30). The maximum Gasteiger partial charge on any atom is 0.416 e. The minimum Gasteiger partial charge on any atom is -0.368 e. The van der Waals surface area contributed by atoms with E-state index in [-0.39, 0.29) is 0 Å². The molecule has 0 unspecified atom stereocenters. The second-order valence-electron chi connectivity index (χ2n) is 7.46. The molecule has 1 aromatic heterocycles. The van der Waals surface area contributed by atoms with E-state index in [0.717, 1.165) is 23.2 Å². The minimum atomic E-state index is -4.34. The van der Waals surface area contributed by atoms with Crippen molar-refractivity contribution in [2.24, 2.45) is 4.99 Å². The summed E-state index contributed by atoms with van der Waals surface area (Å²) in [6, 6.07) is 13.5. The van der Waals surface area contributed by atoms with Crippen LogP contribution in [0, 0.1) is 0 Å². The summed E-state index contributed by atoms with van der Waals surface area (Å²) in [5.41, 5.74) is 1.99. The highest BCUT2D eigenvalue weighted by Crippen LogP contribution is 2.31. The van der Waals surface area contributed by atoms with Gasteiger partial charge < -0.3 is 15.1 Å². The Balaban J connectivity index is 1.35. The Hall–Kier alpha value is -3.56. The van der Waals surface area contributed by atoms with Gasteiger partial charge in [0, 0.05) is 51.0 Å². The number of anilines is 1. The molecule has 2 N–H and O–H groups in total. The third-order valence-corrected chi connectivity index (χ3v) is 5.40. The zero-order chi connectivity index (χ0) is 22.6. The van der Waals surface area contributed by atoms with E-state index in [9.17, 15) is 13.2 Å². The van der Waals surface area contributed by atoms with Gasteiger partial charge in [-0.3, -0.25) is 10.1 Å². The summed E-state index contributed by atoms with van der Waals surface area (Å²) in [6.07, 6.45) is -2.87. The summed E-state index contributed by atoms with van der Waals surface area (Å²) in [4.78, 5) is 12.6. The first kappa shape index (κ1) is 21.7. The Kier molecular flexibility index (Phi) is 6.29. The fraction of sp³-hybridized carbons (Fsp3) is 0.318. The van der Waals surface area contributed by atoms with Gasteiger partial charge in [-0.15, -0.1) is 0 Å². The summed E-state index contributed by atoms with van der Waals surface area (Å²) < 4.78 is 39.1. The van der Waals surface area contributed by atoms with Crippen LogP contribution in [0.15, 0.2) is 59.9 Å². The van der Waals surface area contributed by atoms with Crippen LogP contribution in [-0.4, -0.2) is 59.3 Å². The van der Waals surface area contributed by atoms with Crippen molar-refractivity contribution in [2.75, 3.05) is 38.1 Å². The second-order valence-corrected chi connectivity index (χ2v) is 7.46. The third-order valence-electron chi connectivity index (χ3n) is 5.40. The lowest BCUT2D eigenvalue weighted by atomic mass is 10.1. The second kappa shape index (κ2) is 9.29. The number of hydrogen-bond donors (Lipinski definition) is 2. The Bertz CT molecular complexity index is 1060. The molecule has 2 aromatic carbocycles. The van der Waals surface area contributed by atoms with E-state index in [1.54, 1.807) is 13.1 Å². The van der Waals surface area contributed by atoms with Crippen LogP contribution in [0.4, 0.5) is 18.9 Å². The maximum absolute atomic E-state index is 13.0. The predicted octanol–water partition coefficient (Wildman–Crippen LogP) is 3.39. The molecule has 168 valence electrons. The average molecular weight is 443 g/mol. The van der Waals surface area contributed by atoms with Crippen molar-refractivity contribution in [1.82, 2.24) is 25.4 Å². The Morgan fingerprint density at radius 3 is 2.56 bits per heavy atom. The Labute approximate surface area is 184 Å². The summed E-state index contributed by atoms with van der Waals surface area (Å²) in [5.74, 6) is 1.47. The number of halogens is 3. The highest BCUT2D eigenvalue weighted by atomic mass is 19.4. The van der Waals surface area contributed by atoms with Gasteiger partial charge in [-0.2, -0.15) is 18.3 Å². The first-order valence-corrected chi connectivity index (χ1v) is 10.3. The predicted molar refractivity (Wildman–Crippen MR) is 117 cm³/mol. The summed E-state index contributed by atoms with van der Waals surface area (Å²) >= 11 is 0. The van der Waals surface area contributed by atoms with E-state index in [1.807, 2.05) is 29.2 Å². The largest absolute Gasteiger partial charge is 0.416 e. The molecule has 10 heteroatoms. The van der Waals surface area contributed by atoms with Gasteiger partial charge in [0.25, 0.3) is 0 Å². The van der Waals surface area contributed by atoms with E-state index < -0.39 is 11.7 Å².